The first kappa shape index (κ1) is 19.4. The van der Waals surface area contributed by atoms with E-state index in [1.165, 1.54) is 28.9 Å². The smallest absolute Gasteiger partial charge is 0.295 e. The molecule has 1 heterocycles. The molecule has 0 radical (unpaired) electrons. The zero-order valence-corrected chi connectivity index (χ0v) is 16.4. The Balaban J connectivity index is 1.88. The van der Waals surface area contributed by atoms with Gasteiger partial charge in [-0.05, 0) is 43.3 Å². The predicted molar refractivity (Wildman–Crippen MR) is 109 cm³/mol. The first-order chi connectivity index (χ1) is 13.2. The minimum atomic E-state index is -3.40. The second-order valence-corrected chi connectivity index (χ2v) is 8.09. The Morgan fingerprint density at radius 3 is 2.18 bits per heavy atom. The van der Waals surface area contributed by atoms with Crippen molar-refractivity contribution in [2.45, 2.75) is 6.92 Å². The quantitative estimate of drug-likeness (QED) is 0.685. The van der Waals surface area contributed by atoms with Crippen molar-refractivity contribution >= 4 is 27.3 Å². The van der Waals surface area contributed by atoms with E-state index in [0.717, 1.165) is 6.26 Å². The van der Waals surface area contributed by atoms with Crippen molar-refractivity contribution in [1.29, 1.82) is 0 Å². The van der Waals surface area contributed by atoms with E-state index in [1.54, 1.807) is 30.8 Å². The summed E-state index contributed by atoms with van der Waals surface area (Å²) in [4.78, 5) is 25.4. The predicted octanol–water partition coefficient (Wildman–Crippen LogP) is 2.11. The van der Waals surface area contributed by atoms with E-state index >= 15 is 0 Å². The lowest BCUT2D eigenvalue weighted by Crippen LogP contribution is -2.23. The molecule has 9 heteroatoms. The summed E-state index contributed by atoms with van der Waals surface area (Å²) in [5.74, 6) is -0.461. The third-order valence-electron chi connectivity index (χ3n) is 4.24. The van der Waals surface area contributed by atoms with E-state index in [-0.39, 0.29) is 11.2 Å². The topological polar surface area (TPSA) is 102 Å². The van der Waals surface area contributed by atoms with Gasteiger partial charge in [0.25, 0.3) is 11.5 Å². The van der Waals surface area contributed by atoms with Crippen molar-refractivity contribution in [1.82, 2.24) is 9.36 Å². The van der Waals surface area contributed by atoms with Crippen LogP contribution in [0.25, 0.3) is 5.69 Å². The number of rotatable bonds is 5. The molecule has 0 unspecified atom stereocenters. The van der Waals surface area contributed by atoms with Gasteiger partial charge in [-0.15, -0.1) is 0 Å². The summed E-state index contributed by atoms with van der Waals surface area (Å²) >= 11 is 0. The van der Waals surface area contributed by atoms with Crippen LogP contribution in [0, 0.1) is 6.92 Å². The molecule has 0 spiro atoms. The summed E-state index contributed by atoms with van der Waals surface area (Å²) in [5.41, 5.74) is 1.80. The zero-order valence-electron chi connectivity index (χ0n) is 15.6. The number of hydrogen-bond donors (Lipinski definition) is 2. The first-order valence-electron chi connectivity index (χ1n) is 8.40. The van der Waals surface area contributed by atoms with Gasteiger partial charge in [0.2, 0.25) is 10.0 Å². The van der Waals surface area contributed by atoms with Crippen LogP contribution in [0.5, 0.6) is 0 Å². The molecule has 3 aromatic rings. The number of aromatic nitrogens is 2. The van der Waals surface area contributed by atoms with Crippen LogP contribution in [-0.2, 0) is 17.1 Å². The van der Waals surface area contributed by atoms with Crippen LogP contribution in [0.15, 0.2) is 59.4 Å². The van der Waals surface area contributed by atoms with Crippen molar-refractivity contribution in [3.05, 3.63) is 76.2 Å². The van der Waals surface area contributed by atoms with Crippen LogP contribution in [-0.4, -0.2) is 29.9 Å². The third kappa shape index (κ3) is 3.99. The number of benzene rings is 2. The third-order valence-corrected chi connectivity index (χ3v) is 4.85. The summed E-state index contributed by atoms with van der Waals surface area (Å²) in [6.07, 6.45) is 1.05. The summed E-state index contributed by atoms with van der Waals surface area (Å²) in [6, 6.07) is 15.1. The highest BCUT2D eigenvalue weighted by molar-refractivity contribution is 7.92. The van der Waals surface area contributed by atoms with Gasteiger partial charge >= 0.3 is 0 Å². The average molecular weight is 400 g/mol. The minimum absolute atomic E-state index is 0.190. The fraction of sp³-hybridized carbons (Fsp3) is 0.158. The standard InChI is InChI=1S/C19H20N4O4S/c1-13-17(19(25)23(22(13)2)16-7-5-4-6-8-16)20-18(24)14-9-11-15(12-10-14)21-28(3,26)27/h4-12,21H,1-3H3,(H,20,24). The molecular weight excluding hydrogens is 380 g/mol. The van der Waals surface area contributed by atoms with Gasteiger partial charge in [0.1, 0.15) is 5.69 Å². The summed E-state index contributed by atoms with van der Waals surface area (Å²) < 4.78 is 28.0. The van der Waals surface area contributed by atoms with E-state index in [9.17, 15) is 18.0 Å². The molecule has 0 aliphatic heterocycles. The number of amides is 1. The molecule has 3 rings (SSSR count). The number of carbonyl (C=O) groups is 1. The Hall–Kier alpha value is -3.33. The molecule has 2 aromatic carbocycles. The molecule has 28 heavy (non-hydrogen) atoms. The number of nitrogens with one attached hydrogen (secondary N) is 2. The Labute approximate surface area is 162 Å². The van der Waals surface area contributed by atoms with Gasteiger partial charge in [0.05, 0.1) is 17.6 Å². The molecule has 1 amide bonds. The number of carbonyl (C=O) groups excluding carboxylic acids is 1. The van der Waals surface area contributed by atoms with E-state index in [2.05, 4.69) is 10.0 Å². The Morgan fingerprint density at radius 2 is 1.61 bits per heavy atom. The van der Waals surface area contributed by atoms with Crippen molar-refractivity contribution in [3.8, 4) is 5.69 Å². The summed E-state index contributed by atoms with van der Waals surface area (Å²) in [6.45, 7) is 1.75. The normalized spacial score (nSPS) is 11.2. The zero-order chi connectivity index (χ0) is 20.5. The molecule has 146 valence electrons. The molecule has 0 atom stereocenters. The summed E-state index contributed by atoms with van der Waals surface area (Å²) in [7, 11) is -1.65. The molecule has 8 nitrogen and oxygen atoms in total. The number of para-hydroxylation sites is 1. The Bertz CT molecular complexity index is 1180. The van der Waals surface area contributed by atoms with Crippen LogP contribution in [0.1, 0.15) is 16.1 Å². The van der Waals surface area contributed by atoms with Gasteiger partial charge < -0.3 is 5.32 Å². The number of hydrogen-bond acceptors (Lipinski definition) is 4. The molecule has 0 bridgehead atoms. The highest BCUT2D eigenvalue weighted by Crippen LogP contribution is 2.16. The lowest BCUT2D eigenvalue weighted by molar-refractivity contribution is 0.102. The monoisotopic (exact) mass is 400 g/mol. The Kier molecular flexibility index (Phi) is 5.10. The number of nitrogens with zero attached hydrogens (tertiary/aromatic N) is 2. The largest absolute Gasteiger partial charge is 0.316 e. The molecule has 0 saturated carbocycles. The molecule has 0 fully saturated rings. The lowest BCUT2D eigenvalue weighted by atomic mass is 10.2. The van der Waals surface area contributed by atoms with Crippen LogP contribution >= 0.6 is 0 Å². The molecule has 1 aromatic heterocycles. The second kappa shape index (κ2) is 7.35. The van der Waals surface area contributed by atoms with Crippen LogP contribution < -0.4 is 15.6 Å². The van der Waals surface area contributed by atoms with Crippen molar-refractivity contribution in [2.75, 3.05) is 16.3 Å². The van der Waals surface area contributed by atoms with Crippen molar-refractivity contribution < 1.29 is 13.2 Å². The van der Waals surface area contributed by atoms with Crippen molar-refractivity contribution in [2.24, 2.45) is 7.05 Å². The van der Waals surface area contributed by atoms with E-state index in [0.29, 0.717) is 22.6 Å². The SMILES string of the molecule is Cc1c(NC(=O)c2ccc(NS(C)(=O)=O)cc2)c(=O)n(-c2ccccc2)n1C. The maximum absolute atomic E-state index is 12.8. The number of sulfonamides is 1. The molecule has 0 aliphatic carbocycles. The first-order valence-corrected chi connectivity index (χ1v) is 10.3. The van der Waals surface area contributed by atoms with Gasteiger partial charge in [-0.25, -0.2) is 13.1 Å². The van der Waals surface area contributed by atoms with Gasteiger partial charge in [-0.1, -0.05) is 18.2 Å². The second-order valence-electron chi connectivity index (χ2n) is 6.34. The van der Waals surface area contributed by atoms with E-state index < -0.39 is 15.9 Å². The fourth-order valence-corrected chi connectivity index (χ4v) is 3.37. The van der Waals surface area contributed by atoms with E-state index in [1.807, 2.05) is 18.2 Å². The molecule has 2 N–H and O–H groups in total. The Morgan fingerprint density at radius 1 is 1.00 bits per heavy atom. The highest BCUT2D eigenvalue weighted by Gasteiger charge is 2.18. The minimum Gasteiger partial charge on any atom is -0.316 e. The van der Waals surface area contributed by atoms with Gasteiger partial charge in [-0.2, -0.15) is 0 Å². The molecule has 0 saturated heterocycles. The lowest BCUT2D eigenvalue weighted by Gasteiger charge is -2.07. The van der Waals surface area contributed by atoms with Gasteiger partial charge in [-0.3, -0.25) is 19.0 Å². The maximum atomic E-state index is 12.8. The van der Waals surface area contributed by atoms with Gasteiger partial charge in [0, 0.05) is 18.3 Å². The van der Waals surface area contributed by atoms with Crippen LogP contribution in [0.3, 0.4) is 0 Å². The molecule has 0 aliphatic rings. The van der Waals surface area contributed by atoms with Gasteiger partial charge in [0.15, 0.2) is 0 Å². The highest BCUT2D eigenvalue weighted by atomic mass is 32.2. The van der Waals surface area contributed by atoms with E-state index in [4.69, 9.17) is 0 Å². The summed E-state index contributed by atoms with van der Waals surface area (Å²) in [5, 5.41) is 2.66. The molecular formula is C19H20N4O4S. The number of anilines is 2. The van der Waals surface area contributed by atoms with Crippen molar-refractivity contribution in [3.63, 3.8) is 0 Å². The average Bonchev–Trinajstić information content (AvgIpc) is 2.85. The van der Waals surface area contributed by atoms with Crippen LogP contribution in [0.4, 0.5) is 11.4 Å². The maximum Gasteiger partial charge on any atom is 0.295 e. The fourth-order valence-electron chi connectivity index (χ4n) is 2.80. The van der Waals surface area contributed by atoms with Crippen LogP contribution in [0.2, 0.25) is 0 Å².